The van der Waals surface area contributed by atoms with Gasteiger partial charge in [0, 0.05) is 23.6 Å². The number of hydrogen-bond acceptors (Lipinski definition) is 4. The van der Waals surface area contributed by atoms with Crippen LogP contribution in [0.3, 0.4) is 0 Å². The first-order chi connectivity index (χ1) is 12.1. The van der Waals surface area contributed by atoms with E-state index >= 15 is 0 Å². The Morgan fingerprint density at radius 2 is 1.96 bits per heavy atom. The van der Waals surface area contributed by atoms with Gasteiger partial charge >= 0.3 is 0 Å². The molecular formula is C19H24Cl3N3O2. The molecule has 1 aliphatic carbocycles. The van der Waals surface area contributed by atoms with Gasteiger partial charge in [0.2, 0.25) is 5.91 Å². The summed E-state index contributed by atoms with van der Waals surface area (Å²) in [6.07, 6.45) is 8.02. The molecule has 0 atom stereocenters. The Morgan fingerprint density at radius 3 is 2.59 bits per heavy atom. The van der Waals surface area contributed by atoms with E-state index in [1.54, 1.807) is 30.6 Å². The Kier molecular flexibility index (Phi) is 9.33. The van der Waals surface area contributed by atoms with Crippen LogP contribution in [0, 0.1) is 0 Å². The van der Waals surface area contributed by atoms with Gasteiger partial charge in [-0.25, -0.2) is 0 Å². The highest BCUT2D eigenvalue weighted by Gasteiger charge is 2.35. The van der Waals surface area contributed by atoms with E-state index in [1.807, 2.05) is 12.1 Å². The van der Waals surface area contributed by atoms with Crippen molar-refractivity contribution >= 4 is 48.0 Å². The summed E-state index contributed by atoms with van der Waals surface area (Å²) in [7, 11) is 0. The third kappa shape index (κ3) is 6.25. The zero-order valence-electron chi connectivity index (χ0n) is 14.8. The zero-order chi connectivity index (χ0) is 17.7. The molecule has 1 aromatic heterocycles. The van der Waals surface area contributed by atoms with Crippen LogP contribution < -0.4 is 15.8 Å². The van der Waals surface area contributed by atoms with E-state index in [1.165, 1.54) is 0 Å². The van der Waals surface area contributed by atoms with E-state index in [0.717, 1.165) is 37.7 Å². The molecule has 1 fully saturated rings. The summed E-state index contributed by atoms with van der Waals surface area (Å²) in [6, 6.07) is 8.99. The third-order valence-corrected chi connectivity index (χ3v) is 4.80. The molecule has 27 heavy (non-hydrogen) atoms. The van der Waals surface area contributed by atoms with Gasteiger partial charge in [-0.15, -0.1) is 24.8 Å². The van der Waals surface area contributed by atoms with Crippen LogP contribution in [0.1, 0.15) is 37.7 Å². The van der Waals surface area contributed by atoms with Crippen LogP contribution in [0.25, 0.3) is 0 Å². The molecule has 1 saturated carbocycles. The standard InChI is InChI=1S/C19H22ClN3O2.2ClH/c20-16-11-15(23-18(24)19(21)8-2-1-3-9-19)6-7-17(16)25-13-14-5-4-10-22-12-14;;/h4-7,10-12H,1-3,8-9,13,21H2,(H,23,24);2*1H. The maximum absolute atomic E-state index is 12.5. The predicted octanol–water partition coefficient (Wildman–Crippen LogP) is 4.76. The van der Waals surface area contributed by atoms with Gasteiger partial charge in [-0.3, -0.25) is 9.78 Å². The number of pyridine rings is 1. The maximum atomic E-state index is 12.5. The Morgan fingerprint density at radius 1 is 1.22 bits per heavy atom. The van der Waals surface area contributed by atoms with Gasteiger partial charge in [-0.2, -0.15) is 0 Å². The number of halogens is 3. The zero-order valence-corrected chi connectivity index (χ0v) is 17.2. The largest absolute Gasteiger partial charge is 0.487 e. The average molecular weight is 433 g/mol. The number of anilines is 1. The highest BCUT2D eigenvalue weighted by molar-refractivity contribution is 6.32. The Labute approximate surface area is 176 Å². The fourth-order valence-corrected chi connectivity index (χ4v) is 3.24. The van der Waals surface area contributed by atoms with E-state index < -0.39 is 5.54 Å². The van der Waals surface area contributed by atoms with Gasteiger partial charge in [0.25, 0.3) is 0 Å². The molecule has 1 amide bonds. The second-order valence-electron chi connectivity index (χ2n) is 6.47. The minimum atomic E-state index is -0.778. The number of nitrogens with two attached hydrogens (primary N) is 1. The van der Waals surface area contributed by atoms with E-state index in [0.29, 0.717) is 23.1 Å². The van der Waals surface area contributed by atoms with Crippen LogP contribution in [-0.2, 0) is 11.4 Å². The summed E-state index contributed by atoms with van der Waals surface area (Å²) >= 11 is 6.28. The van der Waals surface area contributed by atoms with Crippen molar-refractivity contribution < 1.29 is 9.53 Å². The summed E-state index contributed by atoms with van der Waals surface area (Å²) in [4.78, 5) is 16.5. The minimum Gasteiger partial charge on any atom is -0.487 e. The number of benzene rings is 1. The highest BCUT2D eigenvalue weighted by atomic mass is 35.5. The van der Waals surface area contributed by atoms with Crippen LogP contribution in [0.15, 0.2) is 42.7 Å². The third-order valence-electron chi connectivity index (χ3n) is 4.50. The first-order valence-electron chi connectivity index (χ1n) is 8.48. The van der Waals surface area contributed by atoms with Gasteiger partial charge in [0.1, 0.15) is 12.4 Å². The lowest BCUT2D eigenvalue weighted by atomic mass is 9.82. The van der Waals surface area contributed by atoms with Crippen molar-refractivity contribution in [3.8, 4) is 5.75 Å². The molecule has 0 saturated heterocycles. The lowest BCUT2D eigenvalue weighted by Gasteiger charge is -2.31. The van der Waals surface area contributed by atoms with Crippen molar-refractivity contribution in [1.29, 1.82) is 0 Å². The fourth-order valence-electron chi connectivity index (χ4n) is 3.01. The van der Waals surface area contributed by atoms with Crippen LogP contribution in [0.4, 0.5) is 5.69 Å². The molecule has 0 unspecified atom stereocenters. The van der Waals surface area contributed by atoms with E-state index in [-0.39, 0.29) is 30.7 Å². The number of rotatable bonds is 5. The maximum Gasteiger partial charge on any atom is 0.244 e. The van der Waals surface area contributed by atoms with E-state index in [9.17, 15) is 4.79 Å². The summed E-state index contributed by atoms with van der Waals surface area (Å²) < 4.78 is 5.71. The van der Waals surface area contributed by atoms with Gasteiger partial charge in [0.05, 0.1) is 10.6 Å². The molecule has 148 valence electrons. The molecule has 1 aromatic carbocycles. The molecule has 8 heteroatoms. The molecule has 1 heterocycles. The molecule has 0 bridgehead atoms. The van der Waals surface area contributed by atoms with E-state index in [4.69, 9.17) is 22.1 Å². The van der Waals surface area contributed by atoms with Gasteiger partial charge in [0.15, 0.2) is 0 Å². The SMILES string of the molecule is Cl.Cl.NC1(C(=O)Nc2ccc(OCc3cccnc3)c(Cl)c2)CCCCC1. The number of hydrogen-bond donors (Lipinski definition) is 2. The second-order valence-corrected chi connectivity index (χ2v) is 6.87. The molecular weight excluding hydrogens is 409 g/mol. The minimum absolute atomic E-state index is 0. The van der Waals surface area contributed by atoms with Crippen molar-refractivity contribution in [2.45, 2.75) is 44.2 Å². The molecule has 1 aliphatic rings. The van der Waals surface area contributed by atoms with Crippen molar-refractivity contribution in [1.82, 2.24) is 4.98 Å². The fraction of sp³-hybridized carbons (Fsp3) is 0.368. The average Bonchev–Trinajstić information content (AvgIpc) is 2.62. The molecule has 0 spiro atoms. The summed E-state index contributed by atoms with van der Waals surface area (Å²) in [5.74, 6) is 0.413. The lowest BCUT2D eigenvalue weighted by molar-refractivity contribution is -0.122. The molecule has 0 aliphatic heterocycles. The van der Waals surface area contributed by atoms with Crippen molar-refractivity contribution in [3.63, 3.8) is 0 Å². The summed E-state index contributed by atoms with van der Waals surface area (Å²) in [5.41, 5.74) is 7.06. The number of aromatic nitrogens is 1. The first kappa shape index (κ1) is 23.5. The topological polar surface area (TPSA) is 77.2 Å². The van der Waals surface area contributed by atoms with Crippen molar-refractivity contribution in [2.75, 3.05) is 5.32 Å². The predicted molar refractivity (Wildman–Crippen MR) is 113 cm³/mol. The molecule has 3 rings (SSSR count). The Balaban J connectivity index is 0.00000182. The van der Waals surface area contributed by atoms with Gasteiger partial charge in [-0.1, -0.05) is 36.9 Å². The number of carbonyl (C=O) groups is 1. The van der Waals surface area contributed by atoms with Crippen LogP contribution in [0.5, 0.6) is 5.75 Å². The van der Waals surface area contributed by atoms with Crippen molar-refractivity contribution in [2.24, 2.45) is 5.73 Å². The summed E-state index contributed by atoms with van der Waals surface area (Å²) in [6.45, 7) is 0.380. The highest BCUT2D eigenvalue weighted by Crippen LogP contribution is 2.30. The smallest absolute Gasteiger partial charge is 0.244 e. The Hall–Kier alpha value is -1.53. The molecule has 2 aromatic rings. The van der Waals surface area contributed by atoms with Crippen LogP contribution in [0.2, 0.25) is 5.02 Å². The number of nitrogens with zero attached hydrogens (tertiary/aromatic N) is 1. The molecule has 0 radical (unpaired) electrons. The molecule has 5 nitrogen and oxygen atoms in total. The number of ether oxygens (including phenoxy) is 1. The Bertz CT molecular complexity index is 738. The number of amides is 1. The number of nitrogens with one attached hydrogen (secondary N) is 1. The quantitative estimate of drug-likeness (QED) is 0.714. The van der Waals surface area contributed by atoms with Crippen LogP contribution in [-0.4, -0.2) is 16.4 Å². The lowest BCUT2D eigenvalue weighted by Crippen LogP contribution is -2.52. The van der Waals surface area contributed by atoms with Crippen molar-refractivity contribution in [3.05, 3.63) is 53.3 Å². The normalized spacial score (nSPS) is 15.0. The van der Waals surface area contributed by atoms with Gasteiger partial charge < -0.3 is 15.8 Å². The second kappa shape index (κ2) is 10.7. The monoisotopic (exact) mass is 431 g/mol. The first-order valence-corrected chi connectivity index (χ1v) is 8.86. The van der Waals surface area contributed by atoms with Crippen LogP contribution >= 0.6 is 36.4 Å². The van der Waals surface area contributed by atoms with E-state index in [2.05, 4.69) is 10.3 Å². The number of carbonyl (C=O) groups excluding carboxylic acids is 1. The summed E-state index contributed by atoms with van der Waals surface area (Å²) in [5, 5.41) is 3.32. The molecule has 3 N–H and O–H groups in total. The van der Waals surface area contributed by atoms with Gasteiger partial charge in [-0.05, 0) is 37.1 Å².